The van der Waals surface area contributed by atoms with E-state index in [0.29, 0.717) is 0 Å². The molecule has 20 heavy (non-hydrogen) atoms. The molecule has 0 saturated heterocycles. The van der Waals surface area contributed by atoms with E-state index in [9.17, 15) is 24.5 Å². The second-order valence-corrected chi connectivity index (χ2v) is 3.77. The second-order valence-electron chi connectivity index (χ2n) is 3.77. The van der Waals surface area contributed by atoms with Crippen LogP contribution in [-0.2, 0) is 9.59 Å². The molecule has 1 aromatic carbocycles. The minimum atomic E-state index is -1.61. The number of nitrogens with one attached hydrogen (secondary N) is 1. The first-order valence-electron chi connectivity index (χ1n) is 5.31. The van der Waals surface area contributed by atoms with Gasteiger partial charge in [0.15, 0.2) is 0 Å². The molecule has 1 amide bonds. The van der Waals surface area contributed by atoms with Crippen molar-refractivity contribution >= 4 is 23.5 Å². The molecule has 1 atom stereocenters. The van der Waals surface area contributed by atoms with Crippen molar-refractivity contribution in [2.75, 3.05) is 0 Å². The lowest BCUT2D eigenvalue weighted by Gasteiger charge is -2.12. The number of carboxylic acid groups (broad SMARTS) is 2. The Morgan fingerprint density at radius 1 is 1.30 bits per heavy atom. The zero-order valence-electron chi connectivity index (χ0n) is 9.98. The van der Waals surface area contributed by atoms with E-state index in [1.165, 1.54) is 18.2 Å². The number of rotatable bonds is 6. The number of hydrogen-bond donors (Lipinski definition) is 3. The van der Waals surface area contributed by atoms with Crippen LogP contribution >= 0.6 is 0 Å². The van der Waals surface area contributed by atoms with E-state index in [1.807, 2.05) is 5.32 Å². The third-order valence-corrected chi connectivity index (χ3v) is 2.30. The standard InChI is InChI=1S/C11H10N2O7/c14-9(15)5-8(11(17)18)12-10(16)6-2-1-3-7(4-6)13(19)20/h1-4,8H,5H2,(H,12,16)(H,14,15)(H,17,18). The average Bonchev–Trinajstić information content (AvgIpc) is 2.37. The Kier molecular flexibility index (Phi) is 4.73. The highest BCUT2D eigenvalue weighted by Crippen LogP contribution is 2.13. The molecular weight excluding hydrogens is 272 g/mol. The molecule has 1 rings (SSSR count). The van der Waals surface area contributed by atoms with Crippen molar-refractivity contribution in [3.63, 3.8) is 0 Å². The van der Waals surface area contributed by atoms with Crippen LogP contribution in [0.15, 0.2) is 24.3 Å². The van der Waals surface area contributed by atoms with Gasteiger partial charge >= 0.3 is 11.9 Å². The van der Waals surface area contributed by atoms with E-state index < -0.39 is 35.2 Å². The summed E-state index contributed by atoms with van der Waals surface area (Å²) in [7, 11) is 0. The summed E-state index contributed by atoms with van der Waals surface area (Å²) in [5.41, 5.74) is -0.460. The first-order chi connectivity index (χ1) is 9.31. The molecule has 0 saturated carbocycles. The number of carboxylic acids is 2. The summed E-state index contributed by atoms with van der Waals surface area (Å²) in [6, 6.07) is 3.04. The number of nitrogens with zero attached hydrogens (tertiary/aromatic N) is 1. The molecule has 0 aromatic heterocycles. The number of hydrogen-bond acceptors (Lipinski definition) is 5. The molecule has 1 aromatic rings. The SMILES string of the molecule is O=C(O)CC(NC(=O)c1cccc([N+](=O)[O-])c1)C(=O)O. The number of nitro groups is 1. The predicted octanol–water partition coefficient (Wildman–Crippen LogP) is 0.252. The highest BCUT2D eigenvalue weighted by atomic mass is 16.6. The van der Waals surface area contributed by atoms with Gasteiger partial charge in [-0.15, -0.1) is 0 Å². The van der Waals surface area contributed by atoms with Crippen LogP contribution < -0.4 is 5.32 Å². The maximum atomic E-state index is 11.7. The molecule has 0 fully saturated rings. The summed E-state index contributed by atoms with van der Waals surface area (Å²) in [6.07, 6.45) is -0.796. The molecule has 0 heterocycles. The van der Waals surface area contributed by atoms with Crippen molar-refractivity contribution in [3.8, 4) is 0 Å². The number of benzene rings is 1. The molecule has 3 N–H and O–H groups in total. The predicted molar refractivity (Wildman–Crippen MR) is 64.2 cm³/mol. The summed E-state index contributed by atoms with van der Waals surface area (Å²) >= 11 is 0. The van der Waals surface area contributed by atoms with Gasteiger partial charge in [0.25, 0.3) is 11.6 Å². The third-order valence-electron chi connectivity index (χ3n) is 2.30. The van der Waals surface area contributed by atoms with Crippen molar-refractivity contribution < 1.29 is 29.5 Å². The molecule has 0 aliphatic rings. The topological polar surface area (TPSA) is 147 Å². The van der Waals surface area contributed by atoms with Crippen molar-refractivity contribution in [1.82, 2.24) is 5.32 Å². The van der Waals surface area contributed by atoms with Crippen LogP contribution in [0.4, 0.5) is 5.69 Å². The van der Waals surface area contributed by atoms with Crippen LogP contribution in [0, 0.1) is 10.1 Å². The van der Waals surface area contributed by atoms with Gasteiger partial charge in [-0.05, 0) is 6.07 Å². The van der Waals surface area contributed by atoms with Gasteiger partial charge in [0.2, 0.25) is 0 Å². The molecule has 9 nitrogen and oxygen atoms in total. The fraction of sp³-hybridized carbons (Fsp3) is 0.182. The Morgan fingerprint density at radius 2 is 1.95 bits per heavy atom. The molecule has 0 radical (unpaired) electrons. The normalized spacial score (nSPS) is 11.4. The van der Waals surface area contributed by atoms with Crippen LogP contribution in [0.1, 0.15) is 16.8 Å². The zero-order chi connectivity index (χ0) is 15.3. The highest BCUT2D eigenvalue weighted by Gasteiger charge is 2.24. The second kappa shape index (κ2) is 6.27. The van der Waals surface area contributed by atoms with Gasteiger partial charge in [-0.1, -0.05) is 6.07 Å². The summed E-state index contributed by atoms with van der Waals surface area (Å²) < 4.78 is 0. The minimum Gasteiger partial charge on any atom is -0.481 e. The lowest BCUT2D eigenvalue weighted by Crippen LogP contribution is -2.42. The van der Waals surface area contributed by atoms with E-state index in [0.717, 1.165) is 6.07 Å². The molecule has 0 aliphatic carbocycles. The number of carbonyl (C=O) groups is 3. The lowest BCUT2D eigenvalue weighted by atomic mass is 10.1. The Hall–Kier alpha value is -2.97. The van der Waals surface area contributed by atoms with Gasteiger partial charge in [-0.25, -0.2) is 4.79 Å². The summed E-state index contributed by atoms with van der Waals surface area (Å²) in [6.45, 7) is 0. The lowest BCUT2D eigenvalue weighted by molar-refractivity contribution is -0.384. The summed E-state index contributed by atoms with van der Waals surface area (Å²) in [5, 5.41) is 29.8. The fourth-order valence-electron chi connectivity index (χ4n) is 1.38. The van der Waals surface area contributed by atoms with Crippen LogP contribution in [0.5, 0.6) is 0 Å². The van der Waals surface area contributed by atoms with Crippen LogP contribution in [-0.4, -0.2) is 39.0 Å². The van der Waals surface area contributed by atoms with Crippen molar-refractivity contribution in [1.29, 1.82) is 0 Å². The van der Waals surface area contributed by atoms with E-state index in [-0.39, 0.29) is 11.3 Å². The summed E-state index contributed by atoms with van der Waals surface area (Å²) in [5.74, 6) is -3.80. The Labute approximate surface area is 112 Å². The molecule has 106 valence electrons. The number of non-ortho nitro benzene ring substituents is 1. The molecule has 0 spiro atoms. The van der Waals surface area contributed by atoms with Crippen LogP contribution in [0.2, 0.25) is 0 Å². The van der Waals surface area contributed by atoms with Gasteiger partial charge in [-0.3, -0.25) is 19.7 Å². The Bertz CT molecular complexity index is 570. The number of nitro benzene ring substituents is 1. The number of amides is 1. The van der Waals surface area contributed by atoms with Crippen molar-refractivity contribution in [2.45, 2.75) is 12.5 Å². The first kappa shape index (κ1) is 15.1. The van der Waals surface area contributed by atoms with Gasteiger partial charge < -0.3 is 15.5 Å². The van der Waals surface area contributed by atoms with E-state index in [4.69, 9.17) is 10.2 Å². The fourth-order valence-corrected chi connectivity index (χ4v) is 1.38. The minimum absolute atomic E-state index is 0.129. The van der Waals surface area contributed by atoms with Crippen molar-refractivity contribution in [3.05, 3.63) is 39.9 Å². The average molecular weight is 282 g/mol. The van der Waals surface area contributed by atoms with Gasteiger partial charge in [0.05, 0.1) is 11.3 Å². The van der Waals surface area contributed by atoms with E-state index in [1.54, 1.807) is 0 Å². The summed E-state index contributed by atoms with van der Waals surface area (Å²) in [4.78, 5) is 42.8. The van der Waals surface area contributed by atoms with E-state index in [2.05, 4.69) is 0 Å². The molecule has 1 unspecified atom stereocenters. The first-order valence-corrected chi connectivity index (χ1v) is 5.31. The van der Waals surface area contributed by atoms with Crippen LogP contribution in [0.25, 0.3) is 0 Å². The molecule has 0 aliphatic heterocycles. The van der Waals surface area contributed by atoms with E-state index >= 15 is 0 Å². The maximum absolute atomic E-state index is 11.7. The Balaban J connectivity index is 2.88. The maximum Gasteiger partial charge on any atom is 0.326 e. The van der Waals surface area contributed by atoms with Gasteiger partial charge in [0.1, 0.15) is 6.04 Å². The number of carbonyl (C=O) groups excluding carboxylic acids is 1. The van der Waals surface area contributed by atoms with Gasteiger partial charge in [-0.2, -0.15) is 0 Å². The zero-order valence-corrected chi connectivity index (χ0v) is 9.98. The highest BCUT2D eigenvalue weighted by molar-refractivity contribution is 5.97. The van der Waals surface area contributed by atoms with Crippen molar-refractivity contribution in [2.24, 2.45) is 0 Å². The molecule has 0 bridgehead atoms. The third kappa shape index (κ3) is 4.05. The molecule has 9 heteroatoms. The largest absolute Gasteiger partial charge is 0.481 e. The van der Waals surface area contributed by atoms with Gasteiger partial charge in [0, 0.05) is 17.7 Å². The van der Waals surface area contributed by atoms with Crippen LogP contribution in [0.3, 0.4) is 0 Å². The number of aliphatic carboxylic acids is 2. The smallest absolute Gasteiger partial charge is 0.326 e. The quantitative estimate of drug-likeness (QED) is 0.500. The monoisotopic (exact) mass is 282 g/mol. The molecular formula is C11H10N2O7. The Morgan fingerprint density at radius 3 is 2.45 bits per heavy atom.